The molecule has 0 aromatic heterocycles. The first-order valence-electron chi connectivity index (χ1n) is 12.8. The minimum absolute atomic E-state index is 0.458. The number of nitrogens with two attached hydrogens (primary N) is 1. The standard InChI is InChI=1S/C30H36N4O5/c1-6-19-11-13-21(14-12-19)26(27(36)32-23-16-15-20-9-7-8-10-22(20)17-23)34(5)28(37)24(18-25(31)35)33-29(38)39-30(2,3)4/h7-17,24,26H,6,18H2,1-5H3,(H2,31,35)(H,32,36)(H,33,38). The summed E-state index contributed by atoms with van der Waals surface area (Å²) >= 11 is 0. The number of primary amides is 1. The van der Waals surface area contributed by atoms with Gasteiger partial charge in [-0.1, -0.05) is 61.5 Å². The van der Waals surface area contributed by atoms with Gasteiger partial charge in [0, 0.05) is 12.7 Å². The molecule has 0 heterocycles. The molecule has 0 radical (unpaired) electrons. The van der Waals surface area contributed by atoms with Crippen molar-refractivity contribution < 1.29 is 23.9 Å². The quantitative estimate of drug-likeness (QED) is 0.378. The number of rotatable bonds is 9. The molecule has 0 fully saturated rings. The summed E-state index contributed by atoms with van der Waals surface area (Å²) in [6, 6.07) is 18.3. The zero-order valence-corrected chi connectivity index (χ0v) is 23.0. The minimum atomic E-state index is -1.33. The molecule has 0 aliphatic heterocycles. The number of carbonyl (C=O) groups excluding carboxylic acids is 4. The Morgan fingerprint density at radius 1 is 0.949 bits per heavy atom. The van der Waals surface area contributed by atoms with Gasteiger partial charge in [0.05, 0.1) is 6.42 Å². The number of anilines is 1. The lowest BCUT2D eigenvalue weighted by atomic mass is 10.0. The summed E-state index contributed by atoms with van der Waals surface area (Å²) < 4.78 is 5.26. The monoisotopic (exact) mass is 532 g/mol. The molecule has 206 valence electrons. The highest BCUT2D eigenvalue weighted by Gasteiger charge is 2.35. The van der Waals surface area contributed by atoms with Crippen molar-refractivity contribution in [2.45, 2.75) is 58.2 Å². The molecule has 4 amide bonds. The van der Waals surface area contributed by atoms with Crippen molar-refractivity contribution in [3.8, 4) is 0 Å². The lowest BCUT2D eigenvalue weighted by Crippen LogP contribution is -2.52. The number of alkyl carbamates (subject to hydrolysis) is 1. The zero-order chi connectivity index (χ0) is 28.7. The second kappa shape index (κ2) is 12.4. The predicted octanol–water partition coefficient (Wildman–Crippen LogP) is 4.31. The summed E-state index contributed by atoms with van der Waals surface area (Å²) in [6.07, 6.45) is -0.528. The summed E-state index contributed by atoms with van der Waals surface area (Å²) in [7, 11) is 1.45. The normalized spacial score (nSPS) is 12.7. The predicted molar refractivity (Wildman–Crippen MR) is 151 cm³/mol. The van der Waals surface area contributed by atoms with Crippen molar-refractivity contribution in [2.24, 2.45) is 5.73 Å². The number of fused-ring (bicyclic) bond motifs is 1. The summed E-state index contributed by atoms with van der Waals surface area (Å²) in [6.45, 7) is 7.05. The Morgan fingerprint density at radius 2 is 1.59 bits per heavy atom. The van der Waals surface area contributed by atoms with E-state index in [0.29, 0.717) is 11.3 Å². The molecule has 2 atom stereocenters. The fraction of sp³-hybridized carbons (Fsp3) is 0.333. The third-order valence-electron chi connectivity index (χ3n) is 6.10. The van der Waals surface area contributed by atoms with Gasteiger partial charge in [-0.25, -0.2) is 4.79 Å². The molecule has 0 saturated carbocycles. The maximum atomic E-state index is 13.7. The number of carbonyl (C=O) groups is 4. The molecular formula is C30H36N4O5. The van der Waals surface area contributed by atoms with Crippen LogP contribution in [-0.4, -0.2) is 47.4 Å². The Bertz CT molecular complexity index is 1350. The van der Waals surface area contributed by atoms with Crippen LogP contribution in [0.3, 0.4) is 0 Å². The third kappa shape index (κ3) is 8.04. The molecule has 2 unspecified atom stereocenters. The second-order valence-corrected chi connectivity index (χ2v) is 10.4. The highest BCUT2D eigenvalue weighted by atomic mass is 16.6. The van der Waals surface area contributed by atoms with Crippen LogP contribution in [0.1, 0.15) is 51.3 Å². The number of hydrogen-bond donors (Lipinski definition) is 3. The molecule has 3 aromatic rings. The highest BCUT2D eigenvalue weighted by molar-refractivity contribution is 6.00. The molecule has 9 nitrogen and oxygen atoms in total. The van der Waals surface area contributed by atoms with E-state index in [0.717, 1.165) is 22.8 Å². The van der Waals surface area contributed by atoms with Gasteiger partial charge >= 0.3 is 6.09 Å². The van der Waals surface area contributed by atoms with Gasteiger partial charge in [0.1, 0.15) is 17.7 Å². The van der Waals surface area contributed by atoms with E-state index >= 15 is 0 Å². The number of ether oxygens (including phenoxy) is 1. The maximum Gasteiger partial charge on any atom is 0.408 e. The van der Waals surface area contributed by atoms with Crippen LogP contribution in [0.4, 0.5) is 10.5 Å². The Labute approximate surface area is 228 Å². The summed E-state index contributed by atoms with van der Waals surface area (Å²) in [5, 5.41) is 7.32. The molecule has 0 aliphatic rings. The van der Waals surface area contributed by atoms with Crippen molar-refractivity contribution in [2.75, 3.05) is 12.4 Å². The highest BCUT2D eigenvalue weighted by Crippen LogP contribution is 2.25. The topological polar surface area (TPSA) is 131 Å². The van der Waals surface area contributed by atoms with Gasteiger partial charge < -0.3 is 26.0 Å². The lowest BCUT2D eigenvalue weighted by Gasteiger charge is -2.31. The van der Waals surface area contributed by atoms with Crippen LogP contribution < -0.4 is 16.4 Å². The third-order valence-corrected chi connectivity index (χ3v) is 6.10. The first-order chi connectivity index (χ1) is 18.4. The van der Waals surface area contributed by atoms with Gasteiger partial charge in [-0.15, -0.1) is 0 Å². The fourth-order valence-electron chi connectivity index (χ4n) is 4.19. The smallest absolute Gasteiger partial charge is 0.408 e. The molecule has 3 rings (SSSR count). The molecule has 0 aliphatic carbocycles. The molecule has 0 bridgehead atoms. The number of nitrogens with one attached hydrogen (secondary N) is 2. The van der Waals surface area contributed by atoms with E-state index in [4.69, 9.17) is 10.5 Å². The molecule has 9 heteroatoms. The van der Waals surface area contributed by atoms with Gasteiger partial charge in [-0.05, 0) is 61.2 Å². The second-order valence-electron chi connectivity index (χ2n) is 10.4. The van der Waals surface area contributed by atoms with E-state index in [1.807, 2.05) is 55.5 Å². The van der Waals surface area contributed by atoms with Crippen LogP contribution >= 0.6 is 0 Å². The van der Waals surface area contributed by atoms with E-state index in [-0.39, 0.29) is 0 Å². The number of aryl methyl sites for hydroxylation is 1. The van der Waals surface area contributed by atoms with Crippen LogP contribution in [-0.2, 0) is 25.5 Å². The van der Waals surface area contributed by atoms with Crippen molar-refractivity contribution >= 4 is 40.3 Å². The molecule has 39 heavy (non-hydrogen) atoms. The van der Waals surface area contributed by atoms with E-state index < -0.39 is 47.9 Å². The number of nitrogens with zero attached hydrogens (tertiary/aromatic N) is 1. The molecular weight excluding hydrogens is 496 g/mol. The fourth-order valence-corrected chi connectivity index (χ4v) is 4.19. The Balaban J connectivity index is 1.93. The Morgan fingerprint density at radius 3 is 2.18 bits per heavy atom. The van der Waals surface area contributed by atoms with Crippen LogP contribution in [0.15, 0.2) is 66.7 Å². The van der Waals surface area contributed by atoms with E-state index in [1.165, 1.54) is 11.9 Å². The summed E-state index contributed by atoms with van der Waals surface area (Å²) in [5.41, 5.74) is 6.76. The number of benzene rings is 3. The Kier molecular flexibility index (Phi) is 9.29. The van der Waals surface area contributed by atoms with Crippen LogP contribution in [0.5, 0.6) is 0 Å². The van der Waals surface area contributed by atoms with E-state index in [1.54, 1.807) is 39.0 Å². The molecule has 3 aromatic carbocycles. The average molecular weight is 533 g/mol. The van der Waals surface area contributed by atoms with Gasteiger partial charge in [-0.3, -0.25) is 14.4 Å². The minimum Gasteiger partial charge on any atom is -0.444 e. The Hall–Kier alpha value is -4.40. The lowest BCUT2D eigenvalue weighted by molar-refractivity contribution is -0.140. The van der Waals surface area contributed by atoms with Gasteiger partial charge in [0.15, 0.2) is 0 Å². The molecule has 0 saturated heterocycles. The summed E-state index contributed by atoms with van der Waals surface area (Å²) in [5.74, 6) is -1.92. The summed E-state index contributed by atoms with van der Waals surface area (Å²) in [4.78, 5) is 52.7. The number of likely N-dealkylation sites (N-methyl/N-ethyl adjacent to an activating group) is 1. The van der Waals surface area contributed by atoms with E-state index in [2.05, 4.69) is 10.6 Å². The number of hydrogen-bond acceptors (Lipinski definition) is 5. The first-order valence-corrected chi connectivity index (χ1v) is 12.8. The van der Waals surface area contributed by atoms with Gasteiger partial charge in [0.25, 0.3) is 5.91 Å². The van der Waals surface area contributed by atoms with Crippen LogP contribution in [0.2, 0.25) is 0 Å². The molecule has 0 spiro atoms. The largest absolute Gasteiger partial charge is 0.444 e. The van der Waals surface area contributed by atoms with Crippen molar-refractivity contribution in [3.63, 3.8) is 0 Å². The van der Waals surface area contributed by atoms with Gasteiger partial charge in [0.2, 0.25) is 11.8 Å². The van der Waals surface area contributed by atoms with Crippen LogP contribution in [0, 0.1) is 0 Å². The SMILES string of the molecule is CCc1ccc(C(C(=O)Nc2ccc3ccccc3c2)N(C)C(=O)C(CC(N)=O)NC(=O)OC(C)(C)C)cc1. The van der Waals surface area contributed by atoms with Gasteiger partial charge in [-0.2, -0.15) is 0 Å². The average Bonchev–Trinajstić information content (AvgIpc) is 2.87. The first kappa shape index (κ1) is 29.2. The van der Waals surface area contributed by atoms with Crippen molar-refractivity contribution in [1.82, 2.24) is 10.2 Å². The maximum absolute atomic E-state index is 13.7. The zero-order valence-electron chi connectivity index (χ0n) is 23.0. The molecule has 4 N–H and O–H groups in total. The number of amides is 4. The van der Waals surface area contributed by atoms with E-state index in [9.17, 15) is 19.2 Å². The van der Waals surface area contributed by atoms with Crippen molar-refractivity contribution in [1.29, 1.82) is 0 Å². The van der Waals surface area contributed by atoms with Crippen LogP contribution in [0.25, 0.3) is 10.8 Å². The van der Waals surface area contributed by atoms with Crippen molar-refractivity contribution in [3.05, 3.63) is 77.9 Å².